The number of carbonyl (C=O) groups is 1. The molecule has 21 heavy (non-hydrogen) atoms. The molecule has 2 saturated heterocycles. The van der Waals surface area contributed by atoms with E-state index in [1.54, 1.807) is 12.1 Å². The van der Waals surface area contributed by atoms with Crippen molar-refractivity contribution in [2.75, 3.05) is 7.05 Å². The molecular formula is C17H21F2NO. The number of nitrogens with zero attached hydrogens (tertiary/aromatic N) is 1. The van der Waals surface area contributed by atoms with Gasteiger partial charge in [0.2, 0.25) is 0 Å². The van der Waals surface area contributed by atoms with Crippen molar-refractivity contribution < 1.29 is 13.6 Å². The zero-order chi connectivity index (χ0) is 15.0. The van der Waals surface area contributed by atoms with Crippen LogP contribution in [0.25, 0.3) is 0 Å². The molecule has 2 fully saturated rings. The van der Waals surface area contributed by atoms with Gasteiger partial charge in [0.15, 0.2) is 5.78 Å². The van der Waals surface area contributed by atoms with Crippen molar-refractivity contribution in [3.8, 4) is 0 Å². The van der Waals surface area contributed by atoms with Gasteiger partial charge in [0.1, 0.15) is 0 Å². The largest absolute Gasteiger partial charge is 0.300 e. The number of rotatable bonds is 3. The van der Waals surface area contributed by atoms with Crippen molar-refractivity contribution in [3.63, 3.8) is 0 Å². The summed E-state index contributed by atoms with van der Waals surface area (Å²) in [7, 11) is 2.15. The summed E-state index contributed by atoms with van der Waals surface area (Å²) >= 11 is 0. The van der Waals surface area contributed by atoms with Gasteiger partial charge in [0.25, 0.3) is 6.43 Å². The molecule has 4 heteroatoms. The second-order valence-electron chi connectivity index (χ2n) is 6.36. The van der Waals surface area contributed by atoms with Crippen LogP contribution in [0, 0.1) is 5.92 Å². The Morgan fingerprint density at radius 2 is 1.90 bits per heavy atom. The fourth-order valence-electron chi connectivity index (χ4n) is 3.89. The number of Topliss-reactive ketones (excluding diaryl/α,β-unsaturated/α-hetero) is 1. The van der Waals surface area contributed by atoms with Crippen LogP contribution >= 0.6 is 0 Å². The molecule has 2 heterocycles. The first-order chi connectivity index (χ1) is 10.1. The van der Waals surface area contributed by atoms with E-state index >= 15 is 0 Å². The Balaban J connectivity index is 1.78. The van der Waals surface area contributed by atoms with Gasteiger partial charge in [0, 0.05) is 29.1 Å². The molecule has 1 aromatic carbocycles. The van der Waals surface area contributed by atoms with Crippen molar-refractivity contribution in [1.82, 2.24) is 4.90 Å². The summed E-state index contributed by atoms with van der Waals surface area (Å²) in [5.74, 6) is 0.0342. The van der Waals surface area contributed by atoms with Gasteiger partial charge >= 0.3 is 0 Å². The highest BCUT2D eigenvalue weighted by Crippen LogP contribution is 2.37. The predicted octanol–water partition coefficient (Wildman–Crippen LogP) is 4.07. The molecule has 2 unspecified atom stereocenters. The quantitative estimate of drug-likeness (QED) is 0.783. The third kappa shape index (κ3) is 2.86. The Morgan fingerprint density at radius 3 is 2.52 bits per heavy atom. The molecule has 2 aliphatic heterocycles. The van der Waals surface area contributed by atoms with Crippen molar-refractivity contribution >= 4 is 5.78 Å². The zero-order valence-electron chi connectivity index (χ0n) is 12.3. The van der Waals surface area contributed by atoms with E-state index in [2.05, 4.69) is 11.9 Å². The Hall–Kier alpha value is -1.29. The number of ketones is 1. The zero-order valence-corrected chi connectivity index (χ0v) is 12.3. The number of fused-ring (bicyclic) bond motifs is 2. The maximum atomic E-state index is 12.8. The molecule has 2 bridgehead atoms. The summed E-state index contributed by atoms with van der Waals surface area (Å²) in [6.45, 7) is 0. The molecule has 2 nitrogen and oxygen atoms in total. The van der Waals surface area contributed by atoms with Crippen LogP contribution < -0.4 is 0 Å². The molecule has 1 aromatic rings. The molecule has 0 aromatic heterocycles. The van der Waals surface area contributed by atoms with Crippen molar-refractivity contribution in [3.05, 3.63) is 35.4 Å². The molecule has 0 saturated carbocycles. The van der Waals surface area contributed by atoms with Crippen LogP contribution in [0.1, 0.15) is 54.5 Å². The number of piperidine rings is 2. The molecule has 2 atom stereocenters. The van der Waals surface area contributed by atoms with Gasteiger partial charge in [-0.05, 0) is 38.8 Å². The van der Waals surface area contributed by atoms with Gasteiger partial charge in [-0.15, -0.1) is 0 Å². The van der Waals surface area contributed by atoms with Crippen LogP contribution in [0.3, 0.4) is 0 Å². The van der Waals surface area contributed by atoms with E-state index in [0.717, 1.165) is 25.7 Å². The molecule has 0 spiro atoms. The molecule has 3 rings (SSSR count). The maximum Gasteiger partial charge on any atom is 0.263 e. The lowest BCUT2D eigenvalue weighted by atomic mass is 9.76. The lowest BCUT2D eigenvalue weighted by Crippen LogP contribution is -2.51. The van der Waals surface area contributed by atoms with Crippen LogP contribution in [0.15, 0.2) is 24.3 Å². The monoisotopic (exact) mass is 293 g/mol. The van der Waals surface area contributed by atoms with Gasteiger partial charge in [-0.2, -0.15) is 0 Å². The van der Waals surface area contributed by atoms with Crippen LogP contribution in [-0.2, 0) is 0 Å². The molecular weight excluding hydrogens is 272 g/mol. The molecule has 0 radical (unpaired) electrons. The topological polar surface area (TPSA) is 20.3 Å². The van der Waals surface area contributed by atoms with Gasteiger partial charge in [-0.25, -0.2) is 8.78 Å². The summed E-state index contributed by atoms with van der Waals surface area (Å²) < 4.78 is 25.5. The van der Waals surface area contributed by atoms with Crippen LogP contribution in [0.5, 0.6) is 0 Å². The van der Waals surface area contributed by atoms with Crippen LogP contribution in [0.4, 0.5) is 8.78 Å². The molecule has 0 amide bonds. The summed E-state index contributed by atoms with van der Waals surface area (Å²) in [5, 5.41) is 0. The first-order valence-electron chi connectivity index (χ1n) is 7.70. The highest BCUT2D eigenvalue weighted by Gasteiger charge is 2.38. The SMILES string of the molecule is CN1C2CCCC1CC(C(=O)c1cccc(C(F)F)c1)C2. The predicted molar refractivity (Wildman–Crippen MR) is 77.6 cm³/mol. The highest BCUT2D eigenvalue weighted by molar-refractivity contribution is 5.98. The fourth-order valence-corrected chi connectivity index (χ4v) is 3.89. The van der Waals surface area contributed by atoms with Crippen molar-refractivity contribution in [1.29, 1.82) is 0 Å². The van der Waals surface area contributed by atoms with Gasteiger partial charge < -0.3 is 4.90 Å². The number of carbonyl (C=O) groups excluding carboxylic acids is 1. The van der Waals surface area contributed by atoms with Crippen LogP contribution in [-0.4, -0.2) is 29.8 Å². The van der Waals surface area contributed by atoms with E-state index in [0.29, 0.717) is 17.6 Å². The third-order valence-corrected chi connectivity index (χ3v) is 5.13. The van der Waals surface area contributed by atoms with Gasteiger partial charge in [0.05, 0.1) is 0 Å². The third-order valence-electron chi connectivity index (χ3n) is 5.13. The Labute approximate surface area is 124 Å². The average molecular weight is 293 g/mol. The lowest BCUT2D eigenvalue weighted by Gasteiger charge is -2.46. The molecule has 0 aliphatic carbocycles. The van der Waals surface area contributed by atoms with Gasteiger partial charge in [-0.3, -0.25) is 4.79 Å². The minimum atomic E-state index is -2.52. The summed E-state index contributed by atoms with van der Waals surface area (Å²) in [6, 6.07) is 6.92. The van der Waals surface area contributed by atoms with E-state index < -0.39 is 6.43 Å². The number of hydrogen-bond acceptors (Lipinski definition) is 2. The van der Waals surface area contributed by atoms with Crippen molar-refractivity contribution in [2.24, 2.45) is 5.92 Å². The Bertz CT molecular complexity index is 517. The Morgan fingerprint density at radius 1 is 1.24 bits per heavy atom. The highest BCUT2D eigenvalue weighted by atomic mass is 19.3. The average Bonchev–Trinajstić information content (AvgIpc) is 2.46. The first-order valence-corrected chi connectivity index (χ1v) is 7.70. The first kappa shape index (κ1) is 14.6. The number of halogens is 2. The van der Waals surface area contributed by atoms with E-state index in [1.807, 2.05) is 0 Å². The van der Waals surface area contributed by atoms with Gasteiger partial charge in [-0.1, -0.05) is 24.6 Å². The summed E-state index contributed by atoms with van der Waals surface area (Å²) in [5.41, 5.74) is 0.384. The van der Waals surface area contributed by atoms with Crippen LogP contribution in [0.2, 0.25) is 0 Å². The second-order valence-corrected chi connectivity index (χ2v) is 6.36. The second kappa shape index (κ2) is 5.84. The molecule has 2 aliphatic rings. The van der Waals surface area contributed by atoms with E-state index in [-0.39, 0.29) is 17.3 Å². The van der Waals surface area contributed by atoms with E-state index in [1.165, 1.54) is 18.6 Å². The fraction of sp³-hybridized carbons (Fsp3) is 0.588. The summed E-state index contributed by atoms with van der Waals surface area (Å²) in [6.07, 6.45) is 2.74. The normalized spacial score (nSPS) is 29.6. The molecule has 0 N–H and O–H groups in total. The van der Waals surface area contributed by atoms with Crippen molar-refractivity contribution in [2.45, 2.75) is 50.6 Å². The van der Waals surface area contributed by atoms with E-state index in [4.69, 9.17) is 0 Å². The minimum Gasteiger partial charge on any atom is -0.300 e. The minimum absolute atomic E-state index is 0.00979. The summed E-state index contributed by atoms with van der Waals surface area (Å²) in [4.78, 5) is 15.1. The standard InChI is InChI=1S/C17H21F2NO/c1-20-14-6-3-7-15(20)10-13(9-14)16(21)11-4-2-5-12(8-11)17(18)19/h2,4-5,8,13-15,17H,3,6-7,9-10H2,1H3. The lowest BCUT2D eigenvalue weighted by molar-refractivity contribution is 0.0338. The number of hydrogen-bond donors (Lipinski definition) is 0. The Kier molecular flexibility index (Phi) is 4.07. The number of alkyl halides is 2. The smallest absolute Gasteiger partial charge is 0.263 e. The maximum absolute atomic E-state index is 12.8. The van der Waals surface area contributed by atoms with E-state index in [9.17, 15) is 13.6 Å². The molecule has 114 valence electrons. The number of benzene rings is 1.